The molecule has 0 aliphatic heterocycles. The van der Waals surface area contributed by atoms with Gasteiger partial charge >= 0.3 is 0 Å². The number of hydrogen-bond donors (Lipinski definition) is 2. The highest BCUT2D eigenvalue weighted by atomic mass is 35.5. The smallest absolute Gasteiger partial charge is 0.238 e. The SMILES string of the molecule is Cc1nnc(SCC(=O)Nc2ccc(S(N)(=O)=O)cc2Cl)n1-c1ccc(N(C)C)c2ccccc12. The summed E-state index contributed by atoms with van der Waals surface area (Å²) in [7, 11) is 0.109. The van der Waals surface area contributed by atoms with Crippen molar-refractivity contribution in [1.82, 2.24) is 14.8 Å². The molecule has 0 unspecified atom stereocenters. The van der Waals surface area contributed by atoms with Crippen molar-refractivity contribution in [3.8, 4) is 5.69 Å². The zero-order chi connectivity index (χ0) is 25.3. The summed E-state index contributed by atoms with van der Waals surface area (Å²) in [5.74, 6) is 0.400. The fourth-order valence-electron chi connectivity index (χ4n) is 3.66. The van der Waals surface area contributed by atoms with Gasteiger partial charge in [0, 0.05) is 30.6 Å². The number of carbonyl (C=O) groups excluding carboxylic acids is 1. The van der Waals surface area contributed by atoms with Crippen LogP contribution in [0.15, 0.2) is 64.6 Å². The van der Waals surface area contributed by atoms with E-state index in [4.69, 9.17) is 16.7 Å². The van der Waals surface area contributed by atoms with E-state index in [1.54, 1.807) is 0 Å². The van der Waals surface area contributed by atoms with E-state index in [0.29, 0.717) is 11.0 Å². The van der Waals surface area contributed by atoms with E-state index >= 15 is 0 Å². The first kappa shape index (κ1) is 25.0. The van der Waals surface area contributed by atoms with Crippen LogP contribution in [0.4, 0.5) is 11.4 Å². The van der Waals surface area contributed by atoms with Gasteiger partial charge in [-0.05, 0) is 37.3 Å². The van der Waals surface area contributed by atoms with Crippen molar-refractivity contribution in [2.24, 2.45) is 5.14 Å². The molecule has 35 heavy (non-hydrogen) atoms. The minimum absolute atomic E-state index is 0.0408. The molecule has 0 bridgehead atoms. The van der Waals surface area contributed by atoms with Gasteiger partial charge in [-0.3, -0.25) is 9.36 Å². The van der Waals surface area contributed by atoms with Crippen LogP contribution in [0, 0.1) is 6.92 Å². The van der Waals surface area contributed by atoms with Crippen molar-refractivity contribution < 1.29 is 13.2 Å². The van der Waals surface area contributed by atoms with E-state index in [1.165, 1.54) is 30.0 Å². The zero-order valence-electron chi connectivity index (χ0n) is 19.2. The number of primary sulfonamides is 1. The maximum Gasteiger partial charge on any atom is 0.238 e. The molecular formula is C23H23ClN6O3S2. The van der Waals surface area contributed by atoms with Gasteiger partial charge in [0.15, 0.2) is 5.16 Å². The predicted molar refractivity (Wildman–Crippen MR) is 140 cm³/mol. The Hall–Kier alpha value is -3.12. The van der Waals surface area contributed by atoms with Crippen molar-refractivity contribution in [3.63, 3.8) is 0 Å². The molecule has 3 N–H and O–H groups in total. The number of aromatic nitrogens is 3. The summed E-state index contributed by atoms with van der Waals surface area (Å²) in [6.07, 6.45) is 0. The topological polar surface area (TPSA) is 123 Å². The third kappa shape index (κ3) is 5.27. The number of nitrogens with zero attached hydrogens (tertiary/aromatic N) is 4. The molecule has 1 heterocycles. The Morgan fingerprint density at radius 3 is 2.49 bits per heavy atom. The molecule has 0 fully saturated rings. The molecule has 0 radical (unpaired) electrons. The minimum Gasteiger partial charge on any atom is -0.377 e. The molecule has 0 atom stereocenters. The number of nitrogens with one attached hydrogen (secondary N) is 1. The maximum absolute atomic E-state index is 12.6. The Kier molecular flexibility index (Phi) is 7.04. The van der Waals surface area contributed by atoms with E-state index in [0.717, 1.165) is 22.1 Å². The molecule has 0 aliphatic carbocycles. The van der Waals surface area contributed by atoms with E-state index in [9.17, 15) is 13.2 Å². The lowest BCUT2D eigenvalue weighted by Gasteiger charge is -2.18. The first-order chi connectivity index (χ1) is 16.6. The van der Waals surface area contributed by atoms with Crippen molar-refractivity contribution in [3.05, 3.63) is 65.4 Å². The average molecular weight is 531 g/mol. The summed E-state index contributed by atoms with van der Waals surface area (Å²) in [6.45, 7) is 1.86. The first-order valence-electron chi connectivity index (χ1n) is 10.4. The van der Waals surface area contributed by atoms with Crippen LogP contribution < -0.4 is 15.4 Å². The van der Waals surface area contributed by atoms with Gasteiger partial charge in [0.1, 0.15) is 5.82 Å². The van der Waals surface area contributed by atoms with Crippen LogP contribution in [0.25, 0.3) is 16.5 Å². The summed E-state index contributed by atoms with van der Waals surface area (Å²) in [4.78, 5) is 14.5. The molecule has 12 heteroatoms. The Morgan fingerprint density at radius 1 is 1.11 bits per heavy atom. The molecule has 4 aromatic rings. The average Bonchev–Trinajstić information content (AvgIpc) is 3.17. The second-order valence-corrected chi connectivity index (χ2v) is 10.8. The van der Waals surface area contributed by atoms with Crippen molar-refractivity contribution in [1.29, 1.82) is 0 Å². The normalized spacial score (nSPS) is 11.6. The van der Waals surface area contributed by atoms with Crippen LogP contribution in [0.5, 0.6) is 0 Å². The van der Waals surface area contributed by atoms with Crippen LogP contribution in [0.3, 0.4) is 0 Å². The number of aryl methyl sites for hydroxylation is 1. The lowest BCUT2D eigenvalue weighted by molar-refractivity contribution is -0.113. The fourth-order valence-corrected chi connectivity index (χ4v) is 5.28. The van der Waals surface area contributed by atoms with Gasteiger partial charge in [-0.25, -0.2) is 13.6 Å². The highest BCUT2D eigenvalue weighted by Gasteiger charge is 2.18. The second-order valence-electron chi connectivity index (χ2n) is 7.93. The van der Waals surface area contributed by atoms with Crippen LogP contribution >= 0.6 is 23.4 Å². The van der Waals surface area contributed by atoms with Gasteiger partial charge in [-0.1, -0.05) is 47.6 Å². The van der Waals surface area contributed by atoms with E-state index in [1.807, 2.05) is 55.9 Å². The van der Waals surface area contributed by atoms with E-state index < -0.39 is 10.0 Å². The Labute approximate surface area is 212 Å². The number of thioether (sulfide) groups is 1. The summed E-state index contributed by atoms with van der Waals surface area (Å²) in [5, 5.41) is 19.1. The van der Waals surface area contributed by atoms with Gasteiger partial charge in [0.05, 0.1) is 27.0 Å². The second kappa shape index (κ2) is 9.86. The summed E-state index contributed by atoms with van der Waals surface area (Å²) in [5.41, 5.74) is 2.29. The molecule has 182 valence electrons. The van der Waals surface area contributed by atoms with Crippen molar-refractivity contribution in [2.45, 2.75) is 17.0 Å². The van der Waals surface area contributed by atoms with Crippen LogP contribution in [0.1, 0.15) is 5.82 Å². The largest absolute Gasteiger partial charge is 0.377 e. The maximum atomic E-state index is 12.6. The summed E-state index contributed by atoms with van der Waals surface area (Å²) < 4.78 is 24.9. The molecular weight excluding hydrogens is 508 g/mol. The summed E-state index contributed by atoms with van der Waals surface area (Å²) in [6, 6.07) is 16.0. The number of rotatable bonds is 7. The third-order valence-corrected chi connectivity index (χ3v) is 7.42. The van der Waals surface area contributed by atoms with Crippen molar-refractivity contribution >= 4 is 61.4 Å². The molecule has 0 spiro atoms. The zero-order valence-corrected chi connectivity index (χ0v) is 21.6. The number of nitrogens with two attached hydrogens (primary N) is 1. The molecule has 4 rings (SSSR count). The van der Waals surface area contributed by atoms with Gasteiger partial charge in [0.2, 0.25) is 15.9 Å². The van der Waals surface area contributed by atoms with Gasteiger partial charge in [-0.15, -0.1) is 10.2 Å². The Morgan fingerprint density at radius 2 is 1.83 bits per heavy atom. The molecule has 1 amide bonds. The van der Waals surface area contributed by atoms with Crippen LogP contribution in [0.2, 0.25) is 5.02 Å². The highest BCUT2D eigenvalue weighted by molar-refractivity contribution is 7.99. The molecule has 1 aromatic heterocycles. The predicted octanol–water partition coefficient (Wildman–Crippen LogP) is 3.83. The van der Waals surface area contributed by atoms with Crippen LogP contribution in [-0.2, 0) is 14.8 Å². The fraction of sp³-hybridized carbons (Fsp3) is 0.174. The number of halogens is 1. The first-order valence-corrected chi connectivity index (χ1v) is 13.3. The highest BCUT2D eigenvalue weighted by Crippen LogP contribution is 2.33. The number of benzene rings is 3. The quantitative estimate of drug-likeness (QED) is 0.348. The molecule has 3 aromatic carbocycles. The number of sulfonamides is 1. The number of hydrogen-bond acceptors (Lipinski definition) is 7. The third-order valence-electron chi connectivity index (χ3n) is 5.27. The monoisotopic (exact) mass is 530 g/mol. The molecule has 9 nitrogen and oxygen atoms in total. The minimum atomic E-state index is -3.89. The van der Waals surface area contributed by atoms with Gasteiger partial charge < -0.3 is 10.2 Å². The number of carbonyl (C=O) groups is 1. The van der Waals surface area contributed by atoms with E-state index in [2.05, 4.69) is 26.5 Å². The number of amides is 1. The Balaban J connectivity index is 1.57. The lowest BCUT2D eigenvalue weighted by atomic mass is 10.1. The van der Waals surface area contributed by atoms with E-state index in [-0.39, 0.29) is 27.3 Å². The standard InChI is InChI=1S/C23H23ClN6O3S2/c1-14-27-28-23(30(14)21-11-10-20(29(2)3)16-6-4-5-7-17(16)21)34-13-22(31)26-19-9-8-15(12-18(19)24)35(25,32)33/h4-12H,13H2,1-3H3,(H,26,31)(H2,25,32,33). The van der Waals surface area contributed by atoms with Gasteiger partial charge in [-0.2, -0.15) is 0 Å². The lowest BCUT2D eigenvalue weighted by Crippen LogP contribution is -2.16. The van der Waals surface area contributed by atoms with Crippen molar-refractivity contribution in [2.75, 3.05) is 30.1 Å². The van der Waals surface area contributed by atoms with Gasteiger partial charge in [0.25, 0.3) is 0 Å². The number of fused-ring (bicyclic) bond motifs is 1. The van der Waals surface area contributed by atoms with Crippen LogP contribution in [-0.4, -0.2) is 48.9 Å². The number of anilines is 2. The Bertz CT molecular complexity index is 1540. The molecule has 0 saturated heterocycles. The molecule has 0 aliphatic rings. The summed E-state index contributed by atoms with van der Waals surface area (Å²) >= 11 is 7.35. The molecule has 0 saturated carbocycles.